The zero-order valence-electron chi connectivity index (χ0n) is 12.7. The minimum absolute atomic E-state index is 0.0818. The molecule has 0 aromatic heterocycles. The van der Waals surface area contributed by atoms with E-state index in [1.807, 2.05) is 66.7 Å². The van der Waals surface area contributed by atoms with Crippen LogP contribution >= 0.6 is 15.9 Å². The van der Waals surface area contributed by atoms with E-state index in [0.717, 1.165) is 21.9 Å². The Morgan fingerprint density at radius 1 is 1.00 bits per heavy atom. The van der Waals surface area contributed by atoms with Gasteiger partial charge in [0.05, 0.1) is 12.0 Å². The SMILES string of the molecule is N#CC1(Br)C(=N)Oc2ccc3ccccc3c2C1c1ccccc1. The maximum atomic E-state index is 9.83. The molecule has 1 N–H and O–H groups in total. The zero-order valence-corrected chi connectivity index (χ0v) is 14.2. The average molecular weight is 377 g/mol. The lowest BCUT2D eigenvalue weighted by molar-refractivity contribution is 0.470. The summed E-state index contributed by atoms with van der Waals surface area (Å²) in [4.78, 5) is 0. The van der Waals surface area contributed by atoms with Gasteiger partial charge in [0, 0.05) is 5.56 Å². The summed E-state index contributed by atoms with van der Waals surface area (Å²) in [6, 6.07) is 24.0. The molecule has 1 aliphatic heterocycles. The van der Waals surface area contributed by atoms with Gasteiger partial charge in [-0.05, 0) is 22.4 Å². The molecular formula is C20H13BrN2O. The standard InChI is InChI=1S/C20H13BrN2O/c21-20(12-22)18(14-7-2-1-3-8-14)17-15-9-5-4-6-13(15)10-11-16(17)24-19(20)23/h1-11,18,23H. The average Bonchev–Trinajstić information content (AvgIpc) is 2.63. The Balaban J connectivity index is 2.10. The lowest BCUT2D eigenvalue weighted by Crippen LogP contribution is -2.44. The monoisotopic (exact) mass is 376 g/mol. The Bertz CT molecular complexity index is 993. The highest BCUT2D eigenvalue weighted by atomic mass is 79.9. The number of alkyl halides is 1. The highest BCUT2D eigenvalue weighted by molar-refractivity contribution is 9.10. The number of hydrogen-bond donors (Lipinski definition) is 1. The van der Waals surface area contributed by atoms with E-state index in [1.165, 1.54) is 0 Å². The van der Waals surface area contributed by atoms with Crippen LogP contribution in [0.3, 0.4) is 0 Å². The van der Waals surface area contributed by atoms with Crippen molar-refractivity contribution in [2.45, 2.75) is 10.2 Å². The van der Waals surface area contributed by atoms with Gasteiger partial charge in [0.2, 0.25) is 5.90 Å². The van der Waals surface area contributed by atoms with E-state index in [2.05, 4.69) is 22.0 Å². The van der Waals surface area contributed by atoms with Crippen LogP contribution in [-0.2, 0) is 0 Å². The zero-order chi connectivity index (χ0) is 16.7. The number of rotatable bonds is 1. The molecule has 0 bridgehead atoms. The van der Waals surface area contributed by atoms with Gasteiger partial charge >= 0.3 is 0 Å². The summed E-state index contributed by atoms with van der Waals surface area (Å²) in [5, 5.41) is 20.2. The minimum atomic E-state index is -1.23. The normalized spacial score (nSPS) is 22.5. The molecule has 116 valence electrons. The van der Waals surface area contributed by atoms with Gasteiger partial charge in [-0.3, -0.25) is 5.41 Å². The number of nitrogens with one attached hydrogen (secondary N) is 1. The first-order valence-electron chi connectivity index (χ1n) is 7.59. The fourth-order valence-corrected chi connectivity index (χ4v) is 3.91. The molecule has 0 aliphatic carbocycles. The van der Waals surface area contributed by atoms with Crippen molar-refractivity contribution in [2.75, 3.05) is 0 Å². The van der Waals surface area contributed by atoms with Gasteiger partial charge in [-0.25, -0.2) is 0 Å². The fraction of sp³-hybridized carbons (Fsp3) is 0.100. The van der Waals surface area contributed by atoms with Crippen molar-refractivity contribution in [3.8, 4) is 11.8 Å². The van der Waals surface area contributed by atoms with Crippen molar-refractivity contribution < 1.29 is 4.74 Å². The molecular weight excluding hydrogens is 364 g/mol. The van der Waals surface area contributed by atoms with Gasteiger partial charge in [-0.15, -0.1) is 0 Å². The van der Waals surface area contributed by atoms with Crippen molar-refractivity contribution >= 4 is 32.6 Å². The molecule has 2 atom stereocenters. The van der Waals surface area contributed by atoms with Gasteiger partial charge in [-0.1, -0.05) is 76.6 Å². The number of hydrogen-bond acceptors (Lipinski definition) is 3. The van der Waals surface area contributed by atoms with E-state index in [9.17, 15) is 5.26 Å². The summed E-state index contributed by atoms with van der Waals surface area (Å²) < 4.78 is 4.48. The van der Waals surface area contributed by atoms with Crippen LogP contribution in [0.5, 0.6) is 5.75 Å². The van der Waals surface area contributed by atoms with Crippen molar-refractivity contribution in [1.29, 1.82) is 10.7 Å². The number of halogens is 1. The molecule has 0 spiro atoms. The molecule has 24 heavy (non-hydrogen) atoms. The topological polar surface area (TPSA) is 56.9 Å². The fourth-order valence-electron chi connectivity index (χ4n) is 3.33. The first-order chi connectivity index (χ1) is 11.6. The lowest BCUT2D eigenvalue weighted by atomic mass is 9.77. The van der Waals surface area contributed by atoms with Crippen molar-refractivity contribution in [2.24, 2.45) is 0 Å². The second-order valence-electron chi connectivity index (χ2n) is 5.80. The summed E-state index contributed by atoms with van der Waals surface area (Å²) in [6.45, 7) is 0. The summed E-state index contributed by atoms with van der Waals surface area (Å²) in [7, 11) is 0. The third kappa shape index (κ3) is 2.05. The van der Waals surface area contributed by atoms with Crippen LogP contribution < -0.4 is 4.74 Å². The van der Waals surface area contributed by atoms with E-state index in [1.54, 1.807) is 0 Å². The molecule has 3 aromatic rings. The molecule has 1 heterocycles. The van der Waals surface area contributed by atoms with Gasteiger partial charge < -0.3 is 4.74 Å². The van der Waals surface area contributed by atoms with Crippen LogP contribution in [0.15, 0.2) is 66.7 Å². The molecule has 3 aromatic carbocycles. The highest BCUT2D eigenvalue weighted by Crippen LogP contribution is 2.50. The molecule has 1 aliphatic rings. The molecule has 0 amide bonds. The summed E-state index contributed by atoms with van der Waals surface area (Å²) in [5.74, 6) is 0.227. The first kappa shape index (κ1) is 14.9. The number of benzene rings is 3. The molecule has 3 nitrogen and oxygen atoms in total. The van der Waals surface area contributed by atoms with Crippen molar-refractivity contribution in [3.05, 3.63) is 77.9 Å². The Kier molecular flexibility index (Phi) is 3.40. The molecule has 4 heteroatoms. The van der Waals surface area contributed by atoms with E-state index in [4.69, 9.17) is 10.1 Å². The number of fused-ring (bicyclic) bond motifs is 3. The van der Waals surface area contributed by atoms with E-state index >= 15 is 0 Å². The van der Waals surface area contributed by atoms with Gasteiger partial charge in [-0.2, -0.15) is 5.26 Å². The Hall–Kier alpha value is -2.64. The summed E-state index contributed by atoms with van der Waals surface area (Å²) in [6.07, 6.45) is 0. The van der Waals surface area contributed by atoms with Crippen LogP contribution in [0.25, 0.3) is 10.8 Å². The van der Waals surface area contributed by atoms with E-state index in [0.29, 0.717) is 5.75 Å². The molecule has 0 fully saturated rings. The second-order valence-corrected chi connectivity index (χ2v) is 7.05. The number of ether oxygens (including phenoxy) is 1. The van der Waals surface area contributed by atoms with Gasteiger partial charge in [0.1, 0.15) is 5.75 Å². The molecule has 4 rings (SSSR count). The van der Waals surface area contributed by atoms with E-state index in [-0.39, 0.29) is 11.8 Å². The van der Waals surface area contributed by atoms with Crippen LogP contribution in [-0.4, -0.2) is 10.2 Å². The van der Waals surface area contributed by atoms with Crippen molar-refractivity contribution in [3.63, 3.8) is 0 Å². The Morgan fingerprint density at radius 3 is 2.46 bits per heavy atom. The van der Waals surface area contributed by atoms with Crippen LogP contribution in [0, 0.1) is 16.7 Å². The molecule has 0 radical (unpaired) electrons. The summed E-state index contributed by atoms with van der Waals surface area (Å²) >= 11 is 3.51. The van der Waals surface area contributed by atoms with Crippen molar-refractivity contribution in [1.82, 2.24) is 0 Å². The Labute approximate surface area is 148 Å². The Morgan fingerprint density at radius 2 is 1.71 bits per heavy atom. The second kappa shape index (κ2) is 5.47. The molecule has 0 saturated heterocycles. The molecule has 2 unspecified atom stereocenters. The summed E-state index contributed by atoms with van der Waals surface area (Å²) in [5.41, 5.74) is 1.91. The largest absolute Gasteiger partial charge is 0.441 e. The maximum absolute atomic E-state index is 9.83. The molecule has 0 saturated carbocycles. The number of nitriles is 1. The highest BCUT2D eigenvalue weighted by Gasteiger charge is 2.49. The van der Waals surface area contributed by atoms with Crippen LogP contribution in [0.1, 0.15) is 17.0 Å². The van der Waals surface area contributed by atoms with Gasteiger partial charge in [0.25, 0.3) is 0 Å². The number of nitrogens with zero attached hydrogens (tertiary/aromatic N) is 1. The quantitative estimate of drug-likeness (QED) is 0.607. The maximum Gasteiger partial charge on any atom is 0.219 e. The van der Waals surface area contributed by atoms with Gasteiger partial charge in [0.15, 0.2) is 4.32 Å². The third-order valence-electron chi connectivity index (χ3n) is 4.46. The van der Waals surface area contributed by atoms with E-state index < -0.39 is 4.32 Å². The van der Waals surface area contributed by atoms with Crippen LogP contribution in [0.2, 0.25) is 0 Å². The first-order valence-corrected chi connectivity index (χ1v) is 8.38. The smallest absolute Gasteiger partial charge is 0.219 e. The van der Waals surface area contributed by atoms with Crippen LogP contribution in [0.4, 0.5) is 0 Å². The minimum Gasteiger partial charge on any atom is -0.441 e. The predicted octanol–water partition coefficient (Wildman–Crippen LogP) is 5.00. The predicted molar refractivity (Wildman–Crippen MR) is 97.9 cm³/mol. The third-order valence-corrected chi connectivity index (χ3v) is 5.45. The lowest BCUT2D eigenvalue weighted by Gasteiger charge is -2.37.